The van der Waals surface area contributed by atoms with E-state index in [0.717, 1.165) is 54.4 Å². The SMILES string of the molecule is CC1CCN(C(=O)Cn2ncc3c2-c2ccccc2OC3)CC1. The van der Waals surface area contributed by atoms with Gasteiger partial charge in [0.25, 0.3) is 0 Å². The second-order valence-electron chi connectivity index (χ2n) is 6.52. The molecule has 0 saturated carbocycles. The quantitative estimate of drug-likeness (QED) is 0.857. The van der Waals surface area contributed by atoms with Gasteiger partial charge in [0, 0.05) is 24.2 Å². The third-order valence-corrected chi connectivity index (χ3v) is 4.86. The first-order chi connectivity index (χ1) is 11.2. The minimum atomic E-state index is 0.159. The minimum Gasteiger partial charge on any atom is -0.488 e. The van der Waals surface area contributed by atoms with Crippen molar-refractivity contribution in [2.75, 3.05) is 13.1 Å². The Morgan fingerprint density at radius 2 is 2.09 bits per heavy atom. The number of carbonyl (C=O) groups is 1. The number of rotatable bonds is 2. The predicted octanol–water partition coefficient (Wildman–Crippen LogP) is 2.70. The summed E-state index contributed by atoms with van der Waals surface area (Å²) in [6, 6.07) is 7.94. The van der Waals surface area contributed by atoms with E-state index in [1.54, 1.807) is 0 Å². The lowest BCUT2D eigenvalue weighted by Crippen LogP contribution is -2.40. The van der Waals surface area contributed by atoms with Crippen LogP contribution in [0.1, 0.15) is 25.3 Å². The number of para-hydroxylation sites is 1. The highest BCUT2D eigenvalue weighted by Crippen LogP contribution is 2.37. The molecule has 1 saturated heterocycles. The first-order valence-corrected chi connectivity index (χ1v) is 8.27. The van der Waals surface area contributed by atoms with E-state index in [2.05, 4.69) is 12.0 Å². The van der Waals surface area contributed by atoms with Crippen molar-refractivity contribution in [1.82, 2.24) is 14.7 Å². The highest BCUT2D eigenvalue weighted by atomic mass is 16.5. The number of ether oxygens (including phenoxy) is 1. The van der Waals surface area contributed by atoms with Crippen molar-refractivity contribution >= 4 is 5.91 Å². The summed E-state index contributed by atoms with van der Waals surface area (Å²) in [6.45, 7) is 4.80. The average molecular weight is 311 g/mol. The van der Waals surface area contributed by atoms with Crippen molar-refractivity contribution in [1.29, 1.82) is 0 Å². The average Bonchev–Trinajstić information content (AvgIpc) is 2.99. The number of hydrogen-bond acceptors (Lipinski definition) is 3. The van der Waals surface area contributed by atoms with Gasteiger partial charge in [-0.05, 0) is 30.9 Å². The molecule has 0 N–H and O–H groups in total. The fourth-order valence-electron chi connectivity index (χ4n) is 3.39. The molecular weight excluding hydrogens is 290 g/mol. The van der Waals surface area contributed by atoms with Crippen LogP contribution in [0.5, 0.6) is 5.75 Å². The van der Waals surface area contributed by atoms with E-state index in [4.69, 9.17) is 4.74 Å². The Kier molecular flexibility index (Phi) is 3.56. The number of amides is 1. The van der Waals surface area contributed by atoms with Crippen molar-refractivity contribution < 1.29 is 9.53 Å². The van der Waals surface area contributed by atoms with Gasteiger partial charge in [0.2, 0.25) is 5.91 Å². The molecule has 1 fully saturated rings. The smallest absolute Gasteiger partial charge is 0.244 e. The van der Waals surface area contributed by atoms with Gasteiger partial charge in [-0.2, -0.15) is 5.10 Å². The van der Waals surface area contributed by atoms with E-state index in [1.165, 1.54) is 0 Å². The number of benzene rings is 1. The summed E-state index contributed by atoms with van der Waals surface area (Å²) in [5.74, 6) is 1.74. The highest BCUT2D eigenvalue weighted by molar-refractivity contribution is 5.78. The van der Waals surface area contributed by atoms with Crippen molar-refractivity contribution in [3.05, 3.63) is 36.0 Å². The molecule has 0 bridgehead atoms. The summed E-state index contributed by atoms with van der Waals surface area (Å²) < 4.78 is 7.58. The Morgan fingerprint density at radius 1 is 1.30 bits per heavy atom. The van der Waals surface area contributed by atoms with Crippen LogP contribution in [-0.4, -0.2) is 33.7 Å². The number of fused-ring (bicyclic) bond motifs is 3. The minimum absolute atomic E-state index is 0.159. The molecule has 1 amide bonds. The summed E-state index contributed by atoms with van der Waals surface area (Å²) in [7, 11) is 0. The van der Waals surface area contributed by atoms with Crippen LogP contribution in [0.3, 0.4) is 0 Å². The zero-order valence-electron chi connectivity index (χ0n) is 13.4. The number of nitrogens with zero attached hydrogens (tertiary/aromatic N) is 3. The van der Waals surface area contributed by atoms with Gasteiger partial charge in [-0.1, -0.05) is 19.1 Å². The molecule has 4 rings (SSSR count). The Morgan fingerprint density at radius 3 is 2.91 bits per heavy atom. The molecule has 3 heterocycles. The van der Waals surface area contributed by atoms with Crippen LogP contribution in [-0.2, 0) is 17.9 Å². The first-order valence-electron chi connectivity index (χ1n) is 8.27. The van der Waals surface area contributed by atoms with E-state index in [9.17, 15) is 4.79 Å². The standard InChI is InChI=1S/C18H21N3O2/c1-13-6-8-20(9-7-13)17(22)11-21-18-14(10-19-21)12-23-16-5-3-2-4-15(16)18/h2-5,10,13H,6-9,11-12H2,1H3. The third-order valence-electron chi connectivity index (χ3n) is 4.86. The second kappa shape index (κ2) is 5.72. The zero-order valence-corrected chi connectivity index (χ0v) is 13.4. The maximum absolute atomic E-state index is 12.6. The summed E-state index contributed by atoms with van der Waals surface area (Å²) in [5, 5.41) is 4.44. The molecule has 0 spiro atoms. The largest absolute Gasteiger partial charge is 0.488 e. The lowest BCUT2D eigenvalue weighted by atomic mass is 9.99. The Labute approximate surface area is 135 Å². The van der Waals surface area contributed by atoms with Crippen molar-refractivity contribution in [2.24, 2.45) is 5.92 Å². The summed E-state index contributed by atoms with van der Waals surface area (Å²) in [6.07, 6.45) is 4.01. The number of aromatic nitrogens is 2. The summed E-state index contributed by atoms with van der Waals surface area (Å²) >= 11 is 0. The zero-order chi connectivity index (χ0) is 15.8. The van der Waals surface area contributed by atoms with Gasteiger partial charge in [-0.3, -0.25) is 9.48 Å². The monoisotopic (exact) mass is 311 g/mol. The molecule has 1 aromatic carbocycles. The summed E-state index contributed by atoms with van der Waals surface area (Å²) in [4.78, 5) is 14.6. The molecule has 2 aliphatic rings. The number of carbonyl (C=O) groups excluding carboxylic acids is 1. The molecule has 0 aliphatic carbocycles. The molecule has 5 heteroatoms. The second-order valence-corrected chi connectivity index (χ2v) is 6.52. The molecule has 0 unspecified atom stereocenters. The lowest BCUT2D eigenvalue weighted by molar-refractivity contribution is -0.133. The number of likely N-dealkylation sites (tertiary alicyclic amines) is 1. The van der Waals surface area contributed by atoms with Crippen LogP contribution in [0.25, 0.3) is 11.3 Å². The third kappa shape index (κ3) is 2.60. The predicted molar refractivity (Wildman–Crippen MR) is 87.0 cm³/mol. The molecule has 0 atom stereocenters. The van der Waals surface area contributed by atoms with E-state index in [0.29, 0.717) is 13.2 Å². The topological polar surface area (TPSA) is 47.4 Å². The van der Waals surface area contributed by atoms with Crippen LogP contribution in [0.15, 0.2) is 30.5 Å². The Bertz CT molecular complexity index is 730. The normalized spacial score (nSPS) is 17.3. The van der Waals surface area contributed by atoms with Crippen molar-refractivity contribution in [2.45, 2.75) is 32.9 Å². The van der Waals surface area contributed by atoms with Gasteiger partial charge in [0.1, 0.15) is 18.9 Å². The molecule has 120 valence electrons. The van der Waals surface area contributed by atoms with E-state index in [1.807, 2.05) is 40.0 Å². The van der Waals surface area contributed by atoms with Crippen LogP contribution in [0.4, 0.5) is 0 Å². The van der Waals surface area contributed by atoms with Gasteiger partial charge >= 0.3 is 0 Å². The molecular formula is C18H21N3O2. The molecule has 5 nitrogen and oxygen atoms in total. The highest BCUT2D eigenvalue weighted by Gasteiger charge is 2.25. The fourth-order valence-corrected chi connectivity index (χ4v) is 3.39. The van der Waals surface area contributed by atoms with Gasteiger partial charge in [0.05, 0.1) is 11.9 Å². The van der Waals surface area contributed by atoms with E-state index < -0.39 is 0 Å². The Balaban J connectivity index is 1.58. The number of piperidine rings is 1. The molecule has 2 aromatic rings. The van der Waals surface area contributed by atoms with Crippen molar-refractivity contribution in [3.63, 3.8) is 0 Å². The van der Waals surface area contributed by atoms with Crippen molar-refractivity contribution in [3.8, 4) is 17.0 Å². The van der Waals surface area contributed by atoms with Gasteiger partial charge in [-0.15, -0.1) is 0 Å². The molecule has 0 radical (unpaired) electrons. The Hall–Kier alpha value is -2.30. The van der Waals surface area contributed by atoms with Gasteiger partial charge in [-0.25, -0.2) is 0 Å². The lowest BCUT2D eigenvalue weighted by Gasteiger charge is -2.30. The van der Waals surface area contributed by atoms with Gasteiger partial charge < -0.3 is 9.64 Å². The van der Waals surface area contributed by atoms with Crippen LogP contribution in [0.2, 0.25) is 0 Å². The van der Waals surface area contributed by atoms with Crippen LogP contribution >= 0.6 is 0 Å². The molecule has 1 aromatic heterocycles. The maximum atomic E-state index is 12.6. The first kappa shape index (κ1) is 14.3. The van der Waals surface area contributed by atoms with E-state index >= 15 is 0 Å². The fraction of sp³-hybridized carbons (Fsp3) is 0.444. The summed E-state index contributed by atoms with van der Waals surface area (Å²) in [5.41, 5.74) is 3.08. The molecule has 2 aliphatic heterocycles. The van der Waals surface area contributed by atoms with Crippen LogP contribution in [0, 0.1) is 5.92 Å². The maximum Gasteiger partial charge on any atom is 0.244 e. The number of hydrogen-bond donors (Lipinski definition) is 0. The molecule has 23 heavy (non-hydrogen) atoms. The van der Waals surface area contributed by atoms with Gasteiger partial charge in [0.15, 0.2) is 0 Å². The van der Waals surface area contributed by atoms with E-state index in [-0.39, 0.29) is 5.91 Å². The van der Waals surface area contributed by atoms with Crippen LogP contribution < -0.4 is 4.74 Å².